The number of benzene rings is 6. The highest BCUT2D eigenvalue weighted by molar-refractivity contribution is 7.22. The van der Waals surface area contributed by atoms with Gasteiger partial charge in [-0.25, -0.2) is 9.97 Å². The molecule has 0 aliphatic carbocycles. The Kier molecular flexibility index (Phi) is 6.32. The maximum atomic E-state index is 5.17. The zero-order chi connectivity index (χ0) is 30.5. The van der Waals surface area contributed by atoms with Gasteiger partial charge in [-0.15, -0.1) is 11.3 Å². The quantitative estimate of drug-likeness (QED) is 0.195. The van der Waals surface area contributed by atoms with Gasteiger partial charge in [0.05, 0.1) is 27.3 Å². The Hall–Kier alpha value is -5.84. The van der Waals surface area contributed by atoms with Gasteiger partial charge in [0.2, 0.25) is 0 Å². The molecule has 0 amide bonds. The number of nitrogens with zero attached hydrogens (tertiary/aromatic N) is 3. The van der Waals surface area contributed by atoms with E-state index in [2.05, 4.69) is 162 Å². The zero-order valence-corrected chi connectivity index (χ0v) is 25.7. The molecule has 3 aromatic heterocycles. The first-order valence-electron chi connectivity index (χ1n) is 15.4. The molecule has 216 valence electrons. The van der Waals surface area contributed by atoms with E-state index in [0.29, 0.717) is 5.82 Å². The Bertz CT molecular complexity index is 2440. The van der Waals surface area contributed by atoms with Crippen molar-refractivity contribution in [1.82, 2.24) is 14.5 Å². The standard InChI is InChI=1S/C42H27N3S/c1-2-11-28(12-3-1)30-14-10-15-31(25-30)36-27-37(41-26-32-13-4-9-20-40(32)46-41)44-42(43-36)29-21-23-33(24-22-29)45-38-18-7-5-16-34(38)35-17-6-8-19-39(35)45/h1-27H. The van der Waals surface area contributed by atoms with Crippen molar-refractivity contribution in [3.63, 3.8) is 0 Å². The first-order valence-corrected chi connectivity index (χ1v) is 16.2. The molecular weight excluding hydrogens is 579 g/mol. The predicted molar refractivity (Wildman–Crippen MR) is 193 cm³/mol. The van der Waals surface area contributed by atoms with Gasteiger partial charge in [0.1, 0.15) is 0 Å². The summed E-state index contributed by atoms with van der Waals surface area (Å²) in [5.74, 6) is 0.712. The molecule has 0 radical (unpaired) electrons. The molecule has 0 spiro atoms. The summed E-state index contributed by atoms with van der Waals surface area (Å²) in [6, 6.07) is 57.9. The van der Waals surface area contributed by atoms with E-state index in [1.807, 2.05) is 6.07 Å². The highest BCUT2D eigenvalue weighted by atomic mass is 32.1. The van der Waals surface area contributed by atoms with Gasteiger partial charge in [-0.3, -0.25) is 0 Å². The van der Waals surface area contributed by atoms with Crippen LogP contribution in [0.5, 0.6) is 0 Å². The van der Waals surface area contributed by atoms with Crippen LogP contribution < -0.4 is 0 Å². The van der Waals surface area contributed by atoms with E-state index >= 15 is 0 Å². The van der Waals surface area contributed by atoms with Crippen LogP contribution in [-0.2, 0) is 0 Å². The normalized spacial score (nSPS) is 11.5. The minimum Gasteiger partial charge on any atom is -0.309 e. The molecule has 9 rings (SSSR count). The van der Waals surface area contributed by atoms with Crippen molar-refractivity contribution in [1.29, 1.82) is 0 Å². The van der Waals surface area contributed by atoms with Gasteiger partial charge in [-0.1, -0.05) is 103 Å². The molecule has 0 bridgehead atoms. The zero-order valence-electron chi connectivity index (χ0n) is 24.8. The van der Waals surface area contributed by atoms with Gasteiger partial charge in [0.15, 0.2) is 5.82 Å². The van der Waals surface area contributed by atoms with Gasteiger partial charge in [-0.2, -0.15) is 0 Å². The van der Waals surface area contributed by atoms with E-state index in [9.17, 15) is 0 Å². The summed E-state index contributed by atoms with van der Waals surface area (Å²) < 4.78 is 3.59. The Morgan fingerprint density at radius 2 is 1.07 bits per heavy atom. The second-order valence-electron chi connectivity index (χ2n) is 11.5. The highest BCUT2D eigenvalue weighted by Crippen LogP contribution is 2.37. The maximum Gasteiger partial charge on any atom is 0.160 e. The molecule has 0 saturated carbocycles. The average Bonchev–Trinajstić information content (AvgIpc) is 3.72. The molecule has 0 fully saturated rings. The summed E-state index contributed by atoms with van der Waals surface area (Å²) in [4.78, 5) is 11.5. The molecule has 0 N–H and O–H groups in total. The van der Waals surface area contributed by atoms with Crippen LogP contribution in [0.15, 0.2) is 164 Å². The van der Waals surface area contributed by atoms with Crippen molar-refractivity contribution in [2.45, 2.75) is 0 Å². The van der Waals surface area contributed by atoms with E-state index in [1.165, 1.54) is 37.5 Å². The van der Waals surface area contributed by atoms with Crippen LogP contribution in [0.4, 0.5) is 0 Å². The lowest BCUT2D eigenvalue weighted by molar-refractivity contribution is 1.16. The van der Waals surface area contributed by atoms with Crippen molar-refractivity contribution in [3.05, 3.63) is 164 Å². The lowest BCUT2D eigenvalue weighted by atomic mass is 10.0. The molecule has 0 atom stereocenters. The molecule has 0 aliphatic heterocycles. The predicted octanol–water partition coefficient (Wildman–Crippen LogP) is 11.5. The lowest BCUT2D eigenvalue weighted by Gasteiger charge is -2.11. The van der Waals surface area contributed by atoms with E-state index in [-0.39, 0.29) is 0 Å². The van der Waals surface area contributed by atoms with Crippen LogP contribution in [0.2, 0.25) is 0 Å². The SMILES string of the molecule is c1ccc(-c2cccc(-c3cc(-c4cc5ccccc5s4)nc(-c4ccc(-n5c6ccccc6c6ccccc65)cc4)n3)c2)cc1. The summed E-state index contributed by atoms with van der Waals surface area (Å²) in [6.45, 7) is 0. The third-order valence-electron chi connectivity index (χ3n) is 8.63. The Labute approximate surface area is 270 Å². The minimum absolute atomic E-state index is 0.712. The Balaban J connectivity index is 1.18. The fourth-order valence-electron chi connectivity index (χ4n) is 6.41. The second-order valence-corrected chi connectivity index (χ2v) is 12.6. The van der Waals surface area contributed by atoms with Crippen LogP contribution in [0.3, 0.4) is 0 Å². The molecular formula is C42H27N3S. The Morgan fingerprint density at radius 1 is 0.435 bits per heavy atom. The van der Waals surface area contributed by atoms with E-state index in [1.54, 1.807) is 11.3 Å². The molecule has 3 heterocycles. The number of aromatic nitrogens is 3. The summed E-state index contributed by atoms with van der Waals surface area (Å²) in [6.07, 6.45) is 0. The fraction of sp³-hybridized carbons (Fsp3) is 0. The van der Waals surface area contributed by atoms with Gasteiger partial charge in [0, 0.05) is 32.3 Å². The number of thiophene rings is 1. The van der Waals surface area contributed by atoms with Crippen molar-refractivity contribution in [3.8, 4) is 50.0 Å². The molecule has 3 nitrogen and oxygen atoms in total. The molecule has 0 saturated heterocycles. The van der Waals surface area contributed by atoms with Crippen LogP contribution in [0.1, 0.15) is 0 Å². The van der Waals surface area contributed by atoms with Crippen molar-refractivity contribution >= 4 is 43.2 Å². The molecule has 0 aliphatic rings. The van der Waals surface area contributed by atoms with Crippen molar-refractivity contribution < 1.29 is 0 Å². The van der Waals surface area contributed by atoms with Crippen molar-refractivity contribution in [2.24, 2.45) is 0 Å². The van der Waals surface area contributed by atoms with Crippen LogP contribution >= 0.6 is 11.3 Å². The van der Waals surface area contributed by atoms with Crippen molar-refractivity contribution in [2.75, 3.05) is 0 Å². The summed E-state index contributed by atoms with van der Waals surface area (Å²) in [5, 5.41) is 3.73. The van der Waals surface area contributed by atoms with Crippen LogP contribution in [0.25, 0.3) is 81.9 Å². The van der Waals surface area contributed by atoms with Gasteiger partial charge in [0.25, 0.3) is 0 Å². The van der Waals surface area contributed by atoms with E-state index in [4.69, 9.17) is 9.97 Å². The van der Waals surface area contributed by atoms with E-state index < -0.39 is 0 Å². The summed E-state index contributed by atoms with van der Waals surface area (Å²) in [7, 11) is 0. The second kappa shape index (κ2) is 11.0. The minimum atomic E-state index is 0.712. The lowest BCUT2D eigenvalue weighted by Crippen LogP contribution is -1.97. The molecule has 46 heavy (non-hydrogen) atoms. The number of rotatable bonds is 5. The highest BCUT2D eigenvalue weighted by Gasteiger charge is 2.15. The third-order valence-corrected chi connectivity index (χ3v) is 9.77. The fourth-order valence-corrected chi connectivity index (χ4v) is 7.43. The average molecular weight is 606 g/mol. The smallest absolute Gasteiger partial charge is 0.160 e. The summed E-state index contributed by atoms with van der Waals surface area (Å²) in [5.41, 5.74) is 9.72. The Morgan fingerprint density at radius 3 is 1.83 bits per heavy atom. The van der Waals surface area contributed by atoms with Crippen LogP contribution in [-0.4, -0.2) is 14.5 Å². The van der Waals surface area contributed by atoms with E-state index in [0.717, 1.165) is 38.6 Å². The molecule has 9 aromatic rings. The first kappa shape index (κ1) is 26.6. The van der Waals surface area contributed by atoms with Crippen LogP contribution in [0, 0.1) is 0 Å². The third kappa shape index (κ3) is 4.59. The number of hydrogen-bond acceptors (Lipinski definition) is 3. The first-order chi connectivity index (χ1) is 22.8. The molecule has 6 aromatic carbocycles. The molecule has 0 unspecified atom stereocenters. The van der Waals surface area contributed by atoms with Gasteiger partial charge in [-0.05, 0) is 77.2 Å². The summed E-state index contributed by atoms with van der Waals surface area (Å²) >= 11 is 1.77. The maximum absolute atomic E-state index is 5.17. The van der Waals surface area contributed by atoms with Gasteiger partial charge >= 0.3 is 0 Å². The largest absolute Gasteiger partial charge is 0.309 e. The number of fused-ring (bicyclic) bond motifs is 4. The monoisotopic (exact) mass is 605 g/mol. The number of hydrogen-bond donors (Lipinski definition) is 0. The van der Waals surface area contributed by atoms with Gasteiger partial charge < -0.3 is 4.57 Å². The number of para-hydroxylation sites is 2. The molecule has 4 heteroatoms. The topological polar surface area (TPSA) is 30.7 Å².